The van der Waals surface area contributed by atoms with Gasteiger partial charge in [0, 0.05) is 25.7 Å². The van der Waals surface area contributed by atoms with Gasteiger partial charge in [-0.2, -0.15) is 9.61 Å². The zero-order valence-corrected chi connectivity index (χ0v) is 12.3. The molecule has 0 atom stereocenters. The number of fused-ring (bicyclic) bond motifs is 1. The summed E-state index contributed by atoms with van der Waals surface area (Å²) in [6, 6.07) is 1.57. The van der Waals surface area contributed by atoms with Gasteiger partial charge in [-0.15, -0.1) is 0 Å². The Morgan fingerprint density at radius 1 is 1.53 bits per heavy atom. The van der Waals surface area contributed by atoms with E-state index in [1.165, 1.54) is 15.9 Å². The number of hydrogen-bond acceptors (Lipinski definition) is 6. The monoisotopic (exact) mass is 281 g/mol. The van der Waals surface area contributed by atoms with Crippen molar-refractivity contribution in [1.29, 1.82) is 0 Å². The minimum absolute atomic E-state index is 0.0991. The lowest BCUT2D eigenvalue weighted by molar-refractivity contribution is 0.324. The molecule has 0 aliphatic carbocycles. The van der Waals surface area contributed by atoms with Crippen LogP contribution in [0.15, 0.2) is 10.9 Å². The summed E-state index contributed by atoms with van der Waals surface area (Å²) in [5, 5.41) is 8.27. The van der Waals surface area contributed by atoms with E-state index in [0.717, 1.165) is 30.2 Å². The van der Waals surface area contributed by atoms with E-state index in [2.05, 4.69) is 20.3 Å². The molecule has 2 aromatic rings. The summed E-state index contributed by atoms with van der Waals surface area (Å²) in [5.74, 6) is 0. The van der Waals surface area contributed by atoms with Gasteiger partial charge in [0.15, 0.2) is 0 Å². The minimum atomic E-state index is -0.0991. The second kappa shape index (κ2) is 6.23. The zero-order valence-electron chi connectivity index (χ0n) is 11.5. The molecule has 0 fully saturated rings. The molecular formula is C12H19N5OS. The molecular weight excluding hydrogens is 262 g/mol. The summed E-state index contributed by atoms with van der Waals surface area (Å²) in [4.78, 5) is 19.3. The summed E-state index contributed by atoms with van der Waals surface area (Å²) in [5.41, 5.74) is 0.702. The largest absolute Gasteiger partial charge is 0.318 e. The molecule has 0 aliphatic rings. The summed E-state index contributed by atoms with van der Waals surface area (Å²) >= 11 is 1.48. The molecule has 0 saturated carbocycles. The quantitative estimate of drug-likeness (QED) is 0.828. The van der Waals surface area contributed by atoms with Crippen molar-refractivity contribution in [3.8, 4) is 0 Å². The predicted molar refractivity (Wildman–Crippen MR) is 76.8 cm³/mol. The Kier molecular flexibility index (Phi) is 4.62. The Morgan fingerprint density at radius 3 is 3.00 bits per heavy atom. The Bertz CT molecular complexity index is 606. The summed E-state index contributed by atoms with van der Waals surface area (Å²) in [6.07, 6.45) is 0.824. The van der Waals surface area contributed by atoms with E-state index in [4.69, 9.17) is 0 Å². The van der Waals surface area contributed by atoms with Gasteiger partial charge in [-0.3, -0.25) is 9.69 Å². The molecule has 2 heterocycles. The van der Waals surface area contributed by atoms with Crippen LogP contribution in [0.4, 0.5) is 0 Å². The molecule has 0 aromatic carbocycles. The average Bonchev–Trinajstić information content (AvgIpc) is 2.80. The Labute approximate surface area is 116 Å². The average molecular weight is 281 g/mol. The van der Waals surface area contributed by atoms with Gasteiger partial charge in [0.1, 0.15) is 5.01 Å². The van der Waals surface area contributed by atoms with Gasteiger partial charge in [-0.05, 0) is 20.5 Å². The van der Waals surface area contributed by atoms with Crippen molar-refractivity contribution in [1.82, 2.24) is 24.8 Å². The molecule has 0 unspecified atom stereocenters. The molecule has 6 nitrogen and oxygen atoms in total. The summed E-state index contributed by atoms with van der Waals surface area (Å²) < 4.78 is 1.39. The normalized spacial score (nSPS) is 11.6. The fourth-order valence-corrected chi connectivity index (χ4v) is 2.64. The van der Waals surface area contributed by atoms with E-state index in [1.807, 2.05) is 21.0 Å². The molecule has 104 valence electrons. The first-order valence-electron chi connectivity index (χ1n) is 6.36. The third-order valence-electron chi connectivity index (χ3n) is 2.82. The van der Waals surface area contributed by atoms with Crippen LogP contribution in [0, 0.1) is 0 Å². The second-order valence-electron chi connectivity index (χ2n) is 4.47. The van der Waals surface area contributed by atoms with E-state index < -0.39 is 0 Å². The van der Waals surface area contributed by atoms with Crippen molar-refractivity contribution in [2.75, 3.05) is 27.2 Å². The lowest BCUT2D eigenvalue weighted by Crippen LogP contribution is -2.28. The van der Waals surface area contributed by atoms with Gasteiger partial charge < -0.3 is 5.32 Å². The van der Waals surface area contributed by atoms with Crippen molar-refractivity contribution in [2.45, 2.75) is 19.9 Å². The van der Waals surface area contributed by atoms with Crippen LogP contribution < -0.4 is 10.9 Å². The molecule has 0 bridgehead atoms. The second-order valence-corrected chi connectivity index (χ2v) is 5.51. The van der Waals surface area contributed by atoms with Crippen LogP contribution in [0.25, 0.3) is 4.96 Å². The van der Waals surface area contributed by atoms with Crippen molar-refractivity contribution in [3.63, 3.8) is 0 Å². The van der Waals surface area contributed by atoms with Crippen LogP contribution in [-0.4, -0.2) is 46.7 Å². The minimum Gasteiger partial charge on any atom is -0.318 e. The Morgan fingerprint density at radius 2 is 2.32 bits per heavy atom. The Hall–Kier alpha value is -1.31. The van der Waals surface area contributed by atoms with Crippen LogP contribution in [-0.2, 0) is 13.0 Å². The van der Waals surface area contributed by atoms with E-state index in [1.54, 1.807) is 6.07 Å². The van der Waals surface area contributed by atoms with Crippen molar-refractivity contribution in [3.05, 3.63) is 27.1 Å². The molecule has 2 aromatic heterocycles. The number of rotatable bonds is 6. The molecule has 1 N–H and O–H groups in total. The number of hydrogen-bond donors (Lipinski definition) is 1. The molecule has 7 heteroatoms. The van der Waals surface area contributed by atoms with Crippen LogP contribution in [0.3, 0.4) is 0 Å². The molecule has 0 radical (unpaired) electrons. The third-order valence-corrected chi connectivity index (χ3v) is 3.87. The first kappa shape index (κ1) is 14.1. The van der Waals surface area contributed by atoms with Crippen molar-refractivity contribution < 1.29 is 0 Å². The lowest BCUT2D eigenvalue weighted by atomic mass is 10.3. The number of nitrogens with zero attached hydrogens (tertiary/aromatic N) is 4. The lowest BCUT2D eigenvalue weighted by Gasteiger charge is -2.15. The summed E-state index contributed by atoms with van der Waals surface area (Å²) in [7, 11) is 3.94. The van der Waals surface area contributed by atoms with Gasteiger partial charge in [-0.25, -0.2) is 4.98 Å². The van der Waals surface area contributed by atoms with Crippen LogP contribution in [0.5, 0.6) is 0 Å². The fourth-order valence-electron chi connectivity index (χ4n) is 1.78. The smallest absolute Gasteiger partial charge is 0.275 e. The molecule has 2 rings (SSSR count). The van der Waals surface area contributed by atoms with Crippen molar-refractivity contribution >= 4 is 16.3 Å². The number of likely N-dealkylation sites (N-methyl/N-ethyl adjacent to an activating group) is 2. The highest BCUT2D eigenvalue weighted by atomic mass is 32.1. The van der Waals surface area contributed by atoms with Gasteiger partial charge in [0.05, 0.1) is 5.69 Å². The maximum absolute atomic E-state index is 12.0. The predicted octanol–water partition coefficient (Wildman–Crippen LogP) is 0.365. The van der Waals surface area contributed by atoms with E-state index >= 15 is 0 Å². The summed E-state index contributed by atoms with van der Waals surface area (Å²) in [6.45, 7) is 4.53. The molecule has 0 amide bonds. The molecule has 19 heavy (non-hydrogen) atoms. The van der Waals surface area contributed by atoms with E-state index in [-0.39, 0.29) is 5.56 Å². The van der Waals surface area contributed by atoms with Gasteiger partial charge in [0.2, 0.25) is 4.96 Å². The van der Waals surface area contributed by atoms with Crippen LogP contribution in [0.1, 0.15) is 17.6 Å². The van der Waals surface area contributed by atoms with E-state index in [0.29, 0.717) is 11.5 Å². The maximum atomic E-state index is 12.0. The highest BCUT2D eigenvalue weighted by molar-refractivity contribution is 7.16. The first-order valence-corrected chi connectivity index (χ1v) is 7.17. The molecule has 0 spiro atoms. The van der Waals surface area contributed by atoms with Crippen LogP contribution >= 0.6 is 11.3 Å². The van der Waals surface area contributed by atoms with Gasteiger partial charge in [-0.1, -0.05) is 18.3 Å². The SMILES string of the molecule is CCc1nn2c(=O)cc(CN(C)CCNC)nc2s1. The number of nitrogens with one attached hydrogen (secondary N) is 1. The van der Waals surface area contributed by atoms with E-state index in [9.17, 15) is 4.79 Å². The van der Waals surface area contributed by atoms with Crippen molar-refractivity contribution in [2.24, 2.45) is 0 Å². The molecule has 0 saturated heterocycles. The number of aromatic nitrogens is 3. The van der Waals surface area contributed by atoms with Gasteiger partial charge in [0.25, 0.3) is 5.56 Å². The zero-order chi connectivity index (χ0) is 13.8. The standard InChI is InChI=1S/C12H19N5OS/c1-4-10-15-17-11(18)7-9(14-12(17)19-10)8-16(3)6-5-13-2/h7,13H,4-6,8H2,1-3H3. The topological polar surface area (TPSA) is 62.5 Å². The maximum Gasteiger partial charge on any atom is 0.275 e. The third kappa shape index (κ3) is 3.37. The number of aryl methyl sites for hydroxylation is 1. The van der Waals surface area contributed by atoms with Gasteiger partial charge >= 0.3 is 0 Å². The Balaban J connectivity index is 2.22. The first-order chi connectivity index (χ1) is 9.13. The molecule has 0 aliphatic heterocycles. The highest BCUT2D eigenvalue weighted by Crippen LogP contribution is 2.12. The fraction of sp³-hybridized carbons (Fsp3) is 0.583. The van der Waals surface area contributed by atoms with Crippen LogP contribution in [0.2, 0.25) is 0 Å². The highest BCUT2D eigenvalue weighted by Gasteiger charge is 2.09.